The van der Waals surface area contributed by atoms with Crippen LogP contribution in [-0.2, 0) is 0 Å². The first-order valence-corrected chi connectivity index (χ1v) is 8.69. The van der Waals surface area contributed by atoms with E-state index in [1.54, 1.807) is 5.56 Å². The summed E-state index contributed by atoms with van der Waals surface area (Å²) >= 11 is 1.95. The van der Waals surface area contributed by atoms with Gasteiger partial charge in [-0.2, -0.15) is 0 Å². The highest BCUT2D eigenvalue weighted by Gasteiger charge is 2.37. The maximum atomic E-state index is 3.86. The normalized spacial score (nSPS) is 20.4. The first-order valence-electron chi connectivity index (χ1n) is 7.87. The maximum absolute atomic E-state index is 3.86. The lowest BCUT2D eigenvalue weighted by Gasteiger charge is -2.41. The predicted octanol–water partition coefficient (Wildman–Crippen LogP) is 5.38. The minimum Gasteiger partial charge on any atom is -0.309 e. The van der Waals surface area contributed by atoms with Gasteiger partial charge < -0.3 is 5.32 Å². The summed E-state index contributed by atoms with van der Waals surface area (Å²) in [5.41, 5.74) is 2.02. The highest BCUT2D eigenvalue weighted by atomic mass is 32.1. The molecule has 2 rings (SSSR count). The summed E-state index contributed by atoms with van der Waals surface area (Å²) in [7, 11) is 0. The third-order valence-electron chi connectivity index (χ3n) is 4.68. The van der Waals surface area contributed by atoms with Gasteiger partial charge in [-0.1, -0.05) is 33.1 Å². The van der Waals surface area contributed by atoms with Crippen LogP contribution in [0.1, 0.15) is 73.7 Å². The van der Waals surface area contributed by atoms with Crippen molar-refractivity contribution in [1.82, 2.24) is 5.32 Å². The molecule has 1 aliphatic rings. The smallest absolute Gasteiger partial charge is 0.0385 e. The Morgan fingerprint density at radius 2 is 1.95 bits per heavy atom. The van der Waals surface area contributed by atoms with E-state index >= 15 is 0 Å². The average molecular weight is 279 g/mol. The first-order chi connectivity index (χ1) is 9.07. The number of hydrogen-bond donors (Lipinski definition) is 1. The van der Waals surface area contributed by atoms with Crippen molar-refractivity contribution < 1.29 is 0 Å². The molecule has 1 aliphatic carbocycles. The highest BCUT2D eigenvalue weighted by Crippen LogP contribution is 2.47. The van der Waals surface area contributed by atoms with Crippen molar-refractivity contribution in [1.29, 1.82) is 0 Å². The Hall–Kier alpha value is -0.340. The number of aryl methyl sites for hydroxylation is 2. The van der Waals surface area contributed by atoms with Gasteiger partial charge in [-0.3, -0.25) is 0 Å². The van der Waals surface area contributed by atoms with Gasteiger partial charge in [0.1, 0.15) is 0 Å². The molecule has 0 saturated heterocycles. The fraction of sp³-hybridized carbons (Fsp3) is 0.765. The van der Waals surface area contributed by atoms with Crippen LogP contribution in [0.4, 0.5) is 0 Å². The average Bonchev–Trinajstić information content (AvgIpc) is 2.70. The van der Waals surface area contributed by atoms with Gasteiger partial charge in [0, 0.05) is 15.8 Å². The van der Waals surface area contributed by atoms with Crippen LogP contribution in [0.5, 0.6) is 0 Å². The molecule has 0 amide bonds. The van der Waals surface area contributed by atoms with E-state index in [1.165, 1.54) is 48.3 Å². The van der Waals surface area contributed by atoms with E-state index in [-0.39, 0.29) is 0 Å². The van der Waals surface area contributed by atoms with Crippen LogP contribution in [0.15, 0.2) is 6.07 Å². The number of thiophene rings is 1. The molecule has 0 spiro atoms. The van der Waals surface area contributed by atoms with E-state index in [1.807, 2.05) is 11.3 Å². The Bertz CT molecular complexity index is 401. The Kier molecular flexibility index (Phi) is 5.08. The van der Waals surface area contributed by atoms with Crippen LogP contribution in [0.3, 0.4) is 0 Å². The minimum atomic E-state index is 0.450. The van der Waals surface area contributed by atoms with E-state index in [2.05, 4.69) is 39.1 Å². The first kappa shape index (κ1) is 15.1. The molecule has 1 heterocycles. The molecule has 0 aliphatic heterocycles. The topological polar surface area (TPSA) is 12.0 Å². The SMILES string of the molecule is CCCNC(c1cc(C)sc1C)C1(C)CCCCC1. The fourth-order valence-electron chi connectivity index (χ4n) is 3.61. The van der Waals surface area contributed by atoms with Crippen molar-refractivity contribution in [2.75, 3.05) is 6.54 Å². The number of hydrogen-bond acceptors (Lipinski definition) is 2. The molecule has 1 atom stereocenters. The summed E-state index contributed by atoms with van der Waals surface area (Å²) in [5, 5.41) is 3.86. The Morgan fingerprint density at radius 3 is 2.47 bits per heavy atom. The summed E-state index contributed by atoms with van der Waals surface area (Å²) in [5.74, 6) is 0. The van der Waals surface area contributed by atoms with Crippen molar-refractivity contribution in [3.05, 3.63) is 21.4 Å². The van der Waals surface area contributed by atoms with E-state index in [0.717, 1.165) is 6.54 Å². The molecular weight excluding hydrogens is 250 g/mol. The number of nitrogens with one attached hydrogen (secondary N) is 1. The molecule has 1 unspecified atom stereocenters. The molecule has 0 bridgehead atoms. The Balaban J connectivity index is 2.26. The molecule has 19 heavy (non-hydrogen) atoms. The zero-order chi connectivity index (χ0) is 13.9. The van der Waals surface area contributed by atoms with Crippen LogP contribution >= 0.6 is 11.3 Å². The molecular formula is C17H29NS. The van der Waals surface area contributed by atoms with Gasteiger partial charge in [-0.25, -0.2) is 0 Å². The van der Waals surface area contributed by atoms with Crippen LogP contribution in [0.2, 0.25) is 0 Å². The van der Waals surface area contributed by atoms with Crippen molar-refractivity contribution in [3.8, 4) is 0 Å². The van der Waals surface area contributed by atoms with Crippen molar-refractivity contribution in [2.24, 2.45) is 5.41 Å². The third kappa shape index (κ3) is 3.41. The Morgan fingerprint density at radius 1 is 1.26 bits per heavy atom. The molecule has 0 aromatic carbocycles. The summed E-state index contributed by atoms with van der Waals surface area (Å²) < 4.78 is 0. The van der Waals surface area contributed by atoms with Gasteiger partial charge in [0.15, 0.2) is 0 Å². The highest BCUT2D eigenvalue weighted by molar-refractivity contribution is 7.12. The molecule has 1 saturated carbocycles. The summed E-state index contributed by atoms with van der Waals surface area (Å²) in [6.45, 7) is 10.4. The number of rotatable bonds is 5. The molecule has 1 nitrogen and oxygen atoms in total. The van der Waals surface area contributed by atoms with E-state index in [0.29, 0.717) is 11.5 Å². The van der Waals surface area contributed by atoms with E-state index in [4.69, 9.17) is 0 Å². The van der Waals surface area contributed by atoms with E-state index < -0.39 is 0 Å². The van der Waals surface area contributed by atoms with Gasteiger partial charge in [0.05, 0.1) is 0 Å². The Labute approximate surface area is 122 Å². The summed E-state index contributed by atoms with van der Waals surface area (Å²) in [4.78, 5) is 2.97. The molecule has 0 radical (unpaired) electrons. The van der Waals surface area contributed by atoms with Gasteiger partial charge in [0.25, 0.3) is 0 Å². The zero-order valence-electron chi connectivity index (χ0n) is 13.0. The summed E-state index contributed by atoms with van der Waals surface area (Å²) in [6, 6.07) is 2.98. The lowest BCUT2D eigenvalue weighted by molar-refractivity contribution is 0.144. The second kappa shape index (κ2) is 6.41. The van der Waals surface area contributed by atoms with Crippen molar-refractivity contribution in [2.45, 2.75) is 72.3 Å². The summed E-state index contributed by atoms with van der Waals surface area (Å²) in [6.07, 6.45) is 8.21. The maximum Gasteiger partial charge on any atom is 0.0385 e. The zero-order valence-corrected chi connectivity index (χ0v) is 13.8. The van der Waals surface area contributed by atoms with Gasteiger partial charge in [-0.05, 0) is 56.7 Å². The van der Waals surface area contributed by atoms with Crippen LogP contribution in [0, 0.1) is 19.3 Å². The minimum absolute atomic E-state index is 0.450. The third-order valence-corrected chi connectivity index (χ3v) is 5.66. The molecule has 108 valence electrons. The standard InChI is InChI=1S/C17H29NS/c1-5-11-18-16(15-12-13(2)19-14(15)3)17(4)9-7-6-8-10-17/h12,16,18H,5-11H2,1-4H3. The monoisotopic (exact) mass is 279 g/mol. The van der Waals surface area contributed by atoms with E-state index in [9.17, 15) is 0 Å². The molecule has 1 fully saturated rings. The quantitative estimate of drug-likeness (QED) is 0.763. The predicted molar refractivity (Wildman–Crippen MR) is 86.0 cm³/mol. The second-order valence-corrected chi connectivity index (χ2v) is 7.93. The van der Waals surface area contributed by atoms with Crippen LogP contribution in [0.25, 0.3) is 0 Å². The van der Waals surface area contributed by atoms with Gasteiger partial charge in [-0.15, -0.1) is 11.3 Å². The fourth-order valence-corrected chi connectivity index (χ4v) is 4.57. The van der Waals surface area contributed by atoms with Gasteiger partial charge in [0.2, 0.25) is 0 Å². The molecule has 2 heteroatoms. The van der Waals surface area contributed by atoms with Crippen LogP contribution < -0.4 is 5.32 Å². The lowest BCUT2D eigenvalue weighted by atomic mass is 9.68. The van der Waals surface area contributed by atoms with Crippen molar-refractivity contribution >= 4 is 11.3 Å². The van der Waals surface area contributed by atoms with Crippen molar-refractivity contribution in [3.63, 3.8) is 0 Å². The molecule has 1 N–H and O–H groups in total. The van der Waals surface area contributed by atoms with Gasteiger partial charge >= 0.3 is 0 Å². The van der Waals surface area contributed by atoms with Crippen LogP contribution in [-0.4, -0.2) is 6.54 Å². The largest absolute Gasteiger partial charge is 0.309 e. The lowest BCUT2D eigenvalue weighted by Crippen LogP contribution is -2.38. The second-order valence-electron chi connectivity index (χ2n) is 6.47. The molecule has 1 aromatic heterocycles. The molecule has 1 aromatic rings.